The minimum absolute atomic E-state index is 0.0558. The molecule has 6 atom stereocenters. The van der Waals surface area contributed by atoms with Gasteiger partial charge in [-0.1, -0.05) is 38.3 Å². The lowest BCUT2D eigenvalue weighted by Crippen LogP contribution is -2.44. The summed E-state index contributed by atoms with van der Waals surface area (Å²) in [6.45, 7) is 3.85. The van der Waals surface area contributed by atoms with E-state index in [4.69, 9.17) is 24.7 Å². The number of nitrogens with zero attached hydrogens (tertiary/aromatic N) is 2. The Labute approximate surface area is 312 Å². The van der Waals surface area contributed by atoms with Gasteiger partial charge in [0.15, 0.2) is 29.0 Å². The Morgan fingerprint density at radius 3 is 2.64 bits per heavy atom. The van der Waals surface area contributed by atoms with Gasteiger partial charge in [-0.2, -0.15) is 0 Å². The molecule has 1 saturated carbocycles. The van der Waals surface area contributed by atoms with Crippen molar-refractivity contribution in [3.8, 4) is 28.7 Å². The number of esters is 1. The van der Waals surface area contributed by atoms with Crippen LogP contribution in [0.4, 0.5) is 0 Å². The van der Waals surface area contributed by atoms with Crippen molar-refractivity contribution in [3.05, 3.63) is 71.5 Å². The summed E-state index contributed by atoms with van der Waals surface area (Å²) < 4.78 is 25.0. The Balaban J connectivity index is 1.34. The summed E-state index contributed by atoms with van der Waals surface area (Å²) in [7, 11) is 1.66. The highest BCUT2D eigenvalue weighted by atomic mass is 16.6. The van der Waals surface area contributed by atoms with Gasteiger partial charge in [-0.25, -0.2) is 0 Å². The number of unbranched alkanes of at least 4 members (excludes halogenated alkanes) is 2. The molecule has 2 aliphatic rings. The van der Waals surface area contributed by atoms with Gasteiger partial charge >= 0.3 is 5.97 Å². The molecule has 0 radical (unpaired) electrons. The molecule has 6 N–H and O–H groups in total. The zero-order chi connectivity index (χ0) is 37.7. The van der Waals surface area contributed by atoms with Gasteiger partial charge in [-0.3, -0.25) is 14.8 Å². The summed E-state index contributed by atoms with van der Waals surface area (Å²) in [4.78, 5) is 20.4. The molecule has 1 aliphatic heterocycles. The molecule has 1 saturated heterocycles. The third-order valence-corrected chi connectivity index (χ3v) is 10.2. The molecule has 0 spiro atoms. The molecule has 288 valence electrons. The highest BCUT2D eigenvalue weighted by molar-refractivity contribution is 5.77. The Bertz CT molecular complexity index is 1650. The van der Waals surface area contributed by atoms with E-state index in [0.29, 0.717) is 43.0 Å². The van der Waals surface area contributed by atoms with Crippen LogP contribution in [-0.4, -0.2) is 70.2 Å². The fraction of sp³-hybridized carbons (Fsp3) is 0.537. The molecule has 1 aromatic heterocycles. The minimum Gasteiger partial charge on any atom is -0.504 e. The van der Waals surface area contributed by atoms with Crippen LogP contribution in [0.1, 0.15) is 101 Å². The summed E-state index contributed by atoms with van der Waals surface area (Å²) in [5.41, 5.74) is 8.54. The predicted octanol–water partition coefficient (Wildman–Crippen LogP) is 6.64. The summed E-state index contributed by atoms with van der Waals surface area (Å²) in [6, 6.07) is 12.7. The van der Waals surface area contributed by atoms with Crippen molar-refractivity contribution in [1.29, 1.82) is 0 Å². The average Bonchev–Trinajstić information content (AvgIpc) is 3.14. The van der Waals surface area contributed by atoms with Crippen molar-refractivity contribution >= 4 is 11.9 Å². The fourth-order valence-electron chi connectivity index (χ4n) is 7.49. The molecule has 6 unspecified atom stereocenters. The lowest BCUT2D eigenvalue weighted by atomic mass is 9.83. The molecule has 1 aliphatic carbocycles. The van der Waals surface area contributed by atoms with Gasteiger partial charge in [0.05, 0.1) is 18.8 Å². The summed E-state index contributed by atoms with van der Waals surface area (Å²) in [5.74, 6) is 0.138. The number of hydrogen-bond acceptors (Lipinski definition) is 10. The number of hydrogen-bond donors (Lipinski definition) is 5. The molecule has 2 aromatic carbocycles. The van der Waals surface area contributed by atoms with Gasteiger partial charge in [-0.15, -0.1) is 0 Å². The van der Waals surface area contributed by atoms with Crippen LogP contribution in [0.25, 0.3) is 0 Å². The summed E-state index contributed by atoms with van der Waals surface area (Å²) in [5, 5.41) is 35.5. The molecule has 5 rings (SSSR count). The van der Waals surface area contributed by atoms with Crippen LogP contribution in [0.15, 0.2) is 59.9 Å². The van der Waals surface area contributed by atoms with Crippen molar-refractivity contribution in [1.82, 2.24) is 10.3 Å². The van der Waals surface area contributed by atoms with E-state index >= 15 is 0 Å². The van der Waals surface area contributed by atoms with Crippen LogP contribution in [-0.2, 0) is 27.1 Å². The number of aromatic nitrogens is 1. The lowest BCUT2D eigenvalue weighted by Gasteiger charge is -2.39. The van der Waals surface area contributed by atoms with Crippen molar-refractivity contribution in [2.24, 2.45) is 16.6 Å². The minimum atomic E-state index is -0.530. The Kier molecular flexibility index (Phi) is 14.5. The van der Waals surface area contributed by atoms with Crippen molar-refractivity contribution < 1.29 is 39.1 Å². The predicted molar refractivity (Wildman–Crippen MR) is 202 cm³/mol. The molecular formula is C41H56N4O8. The van der Waals surface area contributed by atoms with E-state index < -0.39 is 12.2 Å². The van der Waals surface area contributed by atoms with E-state index in [1.54, 1.807) is 31.6 Å². The van der Waals surface area contributed by atoms with E-state index in [1.165, 1.54) is 13.0 Å². The Morgan fingerprint density at radius 1 is 1.04 bits per heavy atom. The van der Waals surface area contributed by atoms with Gasteiger partial charge in [0, 0.05) is 58.1 Å². The number of nitrogens with two attached hydrogens (primary N) is 1. The molecule has 0 bridgehead atoms. The first kappa shape index (κ1) is 39.5. The van der Waals surface area contributed by atoms with Crippen LogP contribution in [0.2, 0.25) is 0 Å². The van der Waals surface area contributed by atoms with Crippen LogP contribution in [0.3, 0.4) is 0 Å². The number of phenolic OH excluding ortho intramolecular Hbond substituents is 3. The van der Waals surface area contributed by atoms with Crippen molar-refractivity contribution in [2.45, 2.75) is 121 Å². The third kappa shape index (κ3) is 11.6. The molecule has 2 heterocycles. The standard InChI is InChI=1S/C41H56N4O8/c1-4-5-6-10-29(18-28-13-14-34(47)38(19-28)52-32-12-7-11-31(22-32)45-41(42)43-3)36-23-33(51-26(2)46)24-37(53-36)30-20-35(48)40(49)39(21-30)50-17-15-27-9-8-16-44-25-27/h8-9,13-14,16,19-21,25,29,31-33,36-37,47-49H,4-7,10-12,15,17-18,22-24H2,1-3H3,(H3,42,43,45). The molecule has 12 nitrogen and oxygen atoms in total. The number of phenols is 3. The van der Waals surface area contributed by atoms with Gasteiger partial charge < -0.3 is 45.3 Å². The largest absolute Gasteiger partial charge is 0.504 e. The molecule has 12 heteroatoms. The number of nitrogens with one attached hydrogen (secondary N) is 1. The number of aromatic hydroxyl groups is 3. The second kappa shape index (κ2) is 19.4. The van der Waals surface area contributed by atoms with E-state index in [0.717, 1.165) is 62.5 Å². The third-order valence-electron chi connectivity index (χ3n) is 10.2. The van der Waals surface area contributed by atoms with E-state index in [1.807, 2.05) is 24.3 Å². The van der Waals surface area contributed by atoms with Crippen LogP contribution >= 0.6 is 0 Å². The summed E-state index contributed by atoms with van der Waals surface area (Å²) >= 11 is 0. The zero-order valence-electron chi connectivity index (χ0n) is 31.2. The quantitative estimate of drug-likeness (QED) is 0.0351. The van der Waals surface area contributed by atoms with Crippen LogP contribution in [0.5, 0.6) is 28.7 Å². The topological polar surface area (TPSA) is 178 Å². The first-order chi connectivity index (χ1) is 25.6. The lowest BCUT2D eigenvalue weighted by molar-refractivity contribution is -0.165. The van der Waals surface area contributed by atoms with Crippen LogP contribution in [0, 0.1) is 5.92 Å². The number of guanidine groups is 1. The Hall–Kier alpha value is -4.71. The normalized spacial score (nSPS) is 22.5. The maximum atomic E-state index is 12.2. The number of ether oxygens (including phenoxy) is 4. The molecule has 3 aromatic rings. The van der Waals surface area contributed by atoms with Gasteiger partial charge in [0.25, 0.3) is 0 Å². The first-order valence-electron chi connectivity index (χ1n) is 19.0. The van der Waals surface area contributed by atoms with Gasteiger partial charge in [0.1, 0.15) is 12.2 Å². The van der Waals surface area contributed by atoms with Gasteiger partial charge in [-0.05, 0) is 85.0 Å². The highest BCUT2D eigenvalue weighted by Gasteiger charge is 2.37. The second-order valence-electron chi connectivity index (χ2n) is 14.3. The Morgan fingerprint density at radius 2 is 1.89 bits per heavy atom. The maximum Gasteiger partial charge on any atom is 0.302 e. The monoisotopic (exact) mass is 732 g/mol. The smallest absolute Gasteiger partial charge is 0.302 e. The van der Waals surface area contributed by atoms with Crippen LogP contribution < -0.4 is 20.5 Å². The number of carbonyl (C=O) groups excluding carboxylic acids is 1. The molecule has 53 heavy (non-hydrogen) atoms. The van der Waals surface area contributed by atoms with Gasteiger partial charge in [0.2, 0.25) is 5.75 Å². The van der Waals surface area contributed by atoms with Crippen molar-refractivity contribution in [2.75, 3.05) is 13.7 Å². The second-order valence-corrected chi connectivity index (χ2v) is 14.3. The van der Waals surface area contributed by atoms with E-state index in [-0.39, 0.29) is 59.7 Å². The number of carbonyl (C=O) groups is 1. The zero-order valence-corrected chi connectivity index (χ0v) is 31.2. The van der Waals surface area contributed by atoms with Crippen molar-refractivity contribution in [3.63, 3.8) is 0 Å². The fourth-order valence-corrected chi connectivity index (χ4v) is 7.49. The highest BCUT2D eigenvalue weighted by Crippen LogP contribution is 2.44. The van der Waals surface area contributed by atoms with E-state index in [2.05, 4.69) is 22.2 Å². The maximum absolute atomic E-state index is 12.2. The average molecular weight is 733 g/mol. The number of rotatable bonds is 16. The van der Waals surface area contributed by atoms with E-state index in [9.17, 15) is 20.1 Å². The number of pyridine rings is 1. The molecule has 0 amide bonds. The molecule has 2 fully saturated rings. The number of aliphatic imine (C=N–C) groups is 1. The molecular weight excluding hydrogens is 676 g/mol. The SMILES string of the molecule is CCCCCC(Cc1ccc(O)c(OC2CCCC(NC(N)=NC)C2)c1)C1CC(OC(C)=O)CC(c2cc(O)c(O)c(OCCc3cccnc3)c2)O1. The summed E-state index contributed by atoms with van der Waals surface area (Å²) in [6.07, 6.45) is 11.9. The number of benzene rings is 2. The first-order valence-corrected chi connectivity index (χ1v) is 19.0.